The number of carbonyl (C=O) groups is 4. The number of esters is 2. The third-order valence-corrected chi connectivity index (χ3v) is 6.32. The maximum absolute atomic E-state index is 13.3. The van der Waals surface area contributed by atoms with Crippen LogP contribution in [0, 0.1) is 0 Å². The van der Waals surface area contributed by atoms with Crippen molar-refractivity contribution >= 4 is 34.4 Å². The van der Waals surface area contributed by atoms with Crippen molar-refractivity contribution < 1.29 is 51.3 Å². The van der Waals surface area contributed by atoms with Crippen LogP contribution in [0.4, 0.5) is 13.2 Å². The van der Waals surface area contributed by atoms with E-state index in [1.165, 1.54) is 49.4 Å². The summed E-state index contributed by atoms with van der Waals surface area (Å²) in [5, 5.41) is 0.762. The van der Waals surface area contributed by atoms with Gasteiger partial charge in [0.2, 0.25) is 11.9 Å². The van der Waals surface area contributed by atoms with Crippen LogP contribution in [-0.2, 0) is 30.0 Å². The molecule has 0 fully saturated rings. The minimum atomic E-state index is -4.48. The van der Waals surface area contributed by atoms with Crippen molar-refractivity contribution in [1.29, 1.82) is 0 Å². The number of hydrogen-bond donors (Lipinski definition) is 1. The van der Waals surface area contributed by atoms with Gasteiger partial charge in [0.25, 0.3) is 0 Å². The molecule has 12 heteroatoms. The highest BCUT2D eigenvalue weighted by Crippen LogP contribution is 2.32. The molecule has 1 aromatic heterocycles. The molecule has 1 N–H and O–H groups in total. The van der Waals surface area contributed by atoms with Gasteiger partial charge in [0, 0.05) is 23.5 Å². The standard InChI is InChI=1S/C31H26F3NO8/c1-18(41-30(39)20-3-12-25-19(17-20)15-16-35-25)28(38)29(26(36)13-14-27(37)40-2)43-24-10-8-23(9-11-24)42-22-6-4-21(5-7-22)31(32,33)34/h3-12,15-18,29,35H,13-14H2,1-2H3. The zero-order chi connectivity index (χ0) is 31.1. The summed E-state index contributed by atoms with van der Waals surface area (Å²) in [5.74, 6) is -2.57. The zero-order valence-electron chi connectivity index (χ0n) is 23.0. The van der Waals surface area contributed by atoms with Crippen molar-refractivity contribution in [3.05, 3.63) is 90.1 Å². The Morgan fingerprint density at radius 3 is 2.09 bits per heavy atom. The molecular weight excluding hydrogens is 571 g/mol. The molecule has 0 saturated heterocycles. The summed E-state index contributed by atoms with van der Waals surface area (Å²) in [6, 6.07) is 16.3. The van der Waals surface area contributed by atoms with Gasteiger partial charge in [-0.2, -0.15) is 13.2 Å². The number of fused-ring (bicyclic) bond motifs is 1. The zero-order valence-corrected chi connectivity index (χ0v) is 23.0. The predicted molar refractivity (Wildman–Crippen MR) is 147 cm³/mol. The second-order valence-corrected chi connectivity index (χ2v) is 9.37. The lowest BCUT2D eigenvalue weighted by Crippen LogP contribution is -2.43. The maximum atomic E-state index is 13.3. The Labute approximate surface area is 243 Å². The Balaban J connectivity index is 1.46. The molecule has 0 amide bonds. The highest BCUT2D eigenvalue weighted by atomic mass is 19.4. The number of hydrogen-bond acceptors (Lipinski definition) is 8. The van der Waals surface area contributed by atoms with Crippen LogP contribution < -0.4 is 9.47 Å². The van der Waals surface area contributed by atoms with E-state index in [0.717, 1.165) is 30.1 Å². The first-order valence-corrected chi connectivity index (χ1v) is 13.0. The van der Waals surface area contributed by atoms with E-state index in [2.05, 4.69) is 9.72 Å². The number of ketones is 2. The first-order valence-electron chi connectivity index (χ1n) is 13.0. The molecule has 4 aromatic rings. The van der Waals surface area contributed by atoms with Crippen LogP contribution in [-0.4, -0.2) is 47.8 Å². The van der Waals surface area contributed by atoms with Gasteiger partial charge in [0.05, 0.1) is 24.7 Å². The van der Waals surface area contributed by atoms with Crippen molar-refractivity contribution in [3.8, 4) is 17.2 Å². The highest BCUT2D eigenvalue weighted by molar-refractivity contribution is 6.08. The quantitative estimate of drug-likeness (QED) is 0.155. The number of aromatic nitrogens is 1. The van der Waals surface area contributed by atoms with E-state index in [4.69, 9.17) is 14.2 Å². The second kappa shape index (κ2) is 13.2. The number of halogens is 3. The summed E-state index contributed by atoms with van der Waals surface area (Å²) in [5.41, 5.74) is 0.184. The number of methoxy groups -OCH3 is 1. The number of benzene rings is 3. The minimum absolute atomic E-state index is 0.0703. The molecule has 4 rings (SSSR count). The van der Waals surface area contributed by atoms with E-state index in [-0.39, 0.29) is 35.7 Å². The number of Topliss-reactive ketones (excluding diaryl/α,β-unsaturated/α-hetero) is 2. The Morgan fingerprint density at radius 1 is 0.837 bits per heavy atom. The molecule has 224 valence electrons. The Kier molecular flexibility index (Phi) is 9.49. The molecule has 1 heterocycles. The van der Waals surface area contributed by atoms with Crippen LogP contribution in [0.5, 0.6) is 17.2 Å². The molecule has 2 atom stereocenters. The predicted octanol–water partition coefficient (Wildman–Crippen LogP) is 6.06. The number of ether oxygens (including phenoxy) is 4. The second-order valence-electron chi connectivity index (χ2n) is 9.37. The number of nitrogens with one attached hydrogen (secondary N) is 1. The summed E-state index contributed by atoms with van der Waals surface area (Å²) in [6.45, 7) is 1.31. The van der Waals surface area contributed by atoms with Crippen LogP contribution in [0.15, 0.2) is 79.0 Å². The van der Waals surface area contributed by atoms with Gasteiger partial charge in [-0.25, -0.2) is 4.79 Å². The summed E-state index contributed by atoms with van der Waals surface area (Å²) < 4.78 is 59.5. The normalized spacial score (nSPS) is 12.7. The van der Waals surface area contributed by atoms with E-state index in [1.807, 2.05) is 0 Å². The molecule has 0 aliphatic heterocycles. The molecular formula is C31H26F3NO8. The van der Waals surface area contributed by atoms with Crippen molar-refractivity contribution in [2.75, 3.05) is 7.11 Å². The molecule has 0 aliphatic carbocycles. The van der Waals surface area contributed by atoms with Gasteiger partial charge in [-0.15, -0.1) is 0 Å². The van der Waals surface area contributed by atoms with Gasteiger partial charge >= 0.3 is 18.1 Å². The van der Waals surface area contributed by atoms with E-state index >= 15 is 0 Å². The number of alkyl halides is 3. The molecule has 0 spiro atoms. The first-order chi connectivity index (χ1) is 20.4. The van der Waals surface area contributed by atoms with Crippen LogP contribution in [0.2, 0.25) is 0 Å². The van der Waals surface area contributed by atoms with Gasteiger partial charge in [-0.3, -0.25) is 14.4 Å². The van der Waals surface area contributed by atoms with Gasteiger partial charge < -0.3 is 23.9 Å². The summed E-state index contributed by atoms with van der Waals surface area (Å²) in [6.07, 6.45) is -6.55. The van der Waals surface area contributed by atoms with Crippen LogP contribution >= 0.6 is 0 Å². The Bertz CT molecular complexity index is 1610. The summed E-state index contributed by atoms with van der Waals surface area (Å²) in [7, 11) is 1.16. The fourth-order valence-corrected chi connectivity index (χ4v) is 3.99. The molecule has 43 heavy (non-hydrogen) atoms. The van der Waals surface area contributed by atoms with Gasteiger partial charge in [0.1, 0.15) is 17.2 Å². The topological polar surface area (TPSA) is 121 Å². The lowest BCUT2D eigenvalue weighted by Gasteiger charge is -2.21. The van der Waals surface area contributed by atoms with E-state index < -0.39 is 47.5 Å². The van der Waals surface area contributed by atoms with Crippen molar-refractivity contribution in [2.24, 2.45) is 0 Å². The molecule has 0 saturated carbocycles. The average molecular weight is 598 g/mol. The lowest BCUT2D eigenvalue weighted by atomic mass is 10.0. The monoisotopic (exact) mass is 597 g/mol. The molecule has 0 radical (unpaired) electrons. The SMILES string of the molecule is COC(=O)CCC(=O)C(Oc1ccc(Oc2ccc(C(F)(F)F)cc2)cc1)C(=O)C(C)OC(=O)c1ccc2[nH]ccc2c1. The van der Waals surface area contributed by atoms with Crippen molar-refractivity contribution in [3.63, 3.8) is 0 Å². The molecule has 2 unspecified atom stereocenters. The fraction of sp³-hybridized carbons (Fsp3) is 0.226. The first kappa shape index (κ1) is 30.8. The minimum Gasteiger partial charge on any atom is -0.475 e. The Hall–Kier alpha value is -5.13. The third kappa shape index (κ3) is 8.00. The van der Waals surface area contributed by atoms with Crippen LogP contribution in [0.1, 0.15) is 35.7 Å². The Morgan fingerprint density at radius 2 is 1.47 bits per heavy atom. The highest BCUT2D eigenvalue weighted by Gasteiger charge is 2.35. The van der Waals surface area contributed by atoms with E-state index in [0.29, 0.717) is 0 Å². The van der Waals surface area contributed by atoms with Crippen LogP contribution in [0.25, 0.3) is 10.9 Å². The van der Waals surface area contributed by atoms with E-state index in [1.54, 1.807) is 24.4 Å². The van der Waals surface area contributed by atoms with Gasteiger partial charge in [-0.05, 0) is 79.7 Å². The van der Waals surface area contributed by atoms with Crippen LogP contribution in [0.3, 0.4) is 0 Å². The third-order valence-electron chi connectivity index (χ3n) is 6.32. The maximum Gasteiger partial charge on any atom is 0.416 e. The molecule has 9 nitrogen and oxygen atoms in total. The largest absolute Gasteiger partial charge is 0.475 e. The molecule has 0 aliphatic rings. The lowest BCUT2D eigenvalue weighted by molar-refractivity contribution is -0.146. The average Bonchev–Trinajstić information content (AvgIpc) is 3.47. The summed E-state index contributed by atoms with van der Waals surface area (Å²) in [4.78, 5) is 53.6. The molecule has 0 bridgehead atoms. The number of rotatable bonds is 12. The van der Waals surface area contributed by atoms with Gasteiger partial charge in [-0.1, -0.05) is 0 Å². The smallest absolute Gasteiger partial charge is 0.416 e. The molecule has 3 aromatic carbocycles. The number of H-pyrrole nitrogens is 1. The van der Waals surface area contributed by atoms with Crippen molar-refractivity contribution in [2.45, 2.75) is 38.1 Å². The van der Waals surface area contributed by atoms with Gasteiger partial charge in [0.15, 0.2) is 11.9 Å². The number of aromatic amines is 1. The van der Waals surface area contributed by atoms with E-state index in [9.17, 15) is 32.3 Å². The summed E-state index contributed by atoms with van der Waals surface area (Å²) >= 11 is 0. The fourth-order valence-electron chi connectivity index (χ4n) is 3.99. The number of carbonyl (C=O) groups excluding carboxylic acids is 4. The van der Waals surface area contributed by atoms with Crippen molar-refractivity contribution in [1.82, 2.24) is 4.98 Å².